The van der Waals surface area contributed by atoms with Gasteiger partial charge in [-0.2, -0.15) is 0 Å². The molecule has 1 saturated heterocycles. The molecule has 0 aliphatic carbocycles. The fraction of sp³-hybridized carbons (Fsp3) is 0.263. The van der Waals surface area contributed by atoms with Gasteiger partial charge in [0.15, 0.2) is 0 Å². The molecular weight excluding hydrogens is 375 g/mol. The number of amides is 1. The van der Waals surface area contributed by atoms with E-state index in [-0.39, 0.29) is 11.7 Å². The van der Waals surface area contributed by atoms with Crippen LogP contribution in [0.4, 0.5) is 5.69 Å². The van der Waals surface area contributed by atoms with Crippen molar-refractivity contribution in [3.05, 3.63) is 46.2 Å². The van der Waals surface area contributed by atoms with E-state index in [1.54, 1.807) is 32.0 Å². The second kappa shape index (κ2) is 5.89. The van der Waals surface area contributed by atoms with Gasteiger partial charge in [0.25, 0.3) is 5.91 Å². The lowest BCUT2D eigenvalue weighted by Crippen LogP contribution is -2.34. The molecule has 4 rings (SSSR count). The normalized spacial score (nSPS) is 20.9. The largest absolute Gasteiger partial charge is 0.298 e. The summed E-state index contributed by atoms with van der Waals surface area (Å²) in [6, 6.07) is 4.47. The van der Waals surface area contributed by atoms with E-state index in [9.17, 15) is 14.4 Å². The molecule has 1 amide bonds. The predicted octanol–water partition coefficient (Wildman–Crippen LogP) is 3.87. The summed E-state index contributed by atoms with van der Waals surface area (Å²) in [6.45, 7) is 3.45. The molecule has 1 aromatic carbocycles. The Morgan fingerprint density at radius 3 is 2.62 bits per heavy atom. The maximum atomic E-state index is 12.8. The quantitative estimate of drug-likeness (QED) is 0.578. The van der Waals surface area contributed by atoms with Gasteiger partial charge in [-0.3, -0.25) is 24.3 Å². The van der Waals surface area contributed by atoms with Crippen molar-refractivity contribution in [2.24, 2.45) is 11.8 Å². The lowest BCUT2D eigenvalue weighted by Gasteiger charge is -2.35. The highest BCUT2D eigenvalue weighted by molar-refractivity contribution is 6.49. The Labute approximate surface area is 159 Å². The van der Waals surface area contributed by atoms with Crippen molar-refractivity contribution in [1.82, 2.24) is 4.98 Å². The minimum atomic E-state index is -1.05. The van der Waals surface area contributed by atoms with Crippen molar-refractivity contribution < 1.29 is 14.4 Å². The number of nitrogens with zero attached hydrogens (tertiary/aromatic N) is 2. The summed E-state index contributed by atoms with van der Waals surface area (Å²) in [5.41, 5.74) is 2.42. The Morgan fingerprint density at radius 2 is 1.92 bits per heavy atom. The van der Waals surface area contributed by atoms with E-state index in [1.165, 1.54) is 17.3 Å². The summed E-state index contributed by atoms with van der Waals surface area (Å²) >= 11 is 12.5. The van der Waals surface area contributed by atoms with Crippen LogP contribution >= 0.6 is 23.2 Å². The molecule has 2 aliphatic rings. The Morgan fingerprint density at radius 1 is 1.19 bits per heavy atom. The number of rotatable bonds is 2. The monoisotopic (exact) mass is 388 g/mol. The van der Waals surface area contributed by atoms with Gasteiger partial charge in [0.1, 0.15) is 11.7 Å². The van der Waals surface area contributed by atoms with Crippen LogP contribution in [0.3, 0.4) is 0 Å². The Bertz CT molecular complexity index is 987. The lowest BCUT2D eigenvalue weighted by molar-refractivity contribution is -0.139. The molecule has 7 heteroatoms. The summed E-state index contributed by atoms with van der Waals surface area (Å²) in [4.78, 5) is 43.6. The lowest BCUT2D eigenvalue weighted by atomic mass is 9.80. The Hall–Kier alpha value is -2.24. The third-order valence-corrected chi connectivity index (χ3v) is 5.45. The highest BCUT2D eigenvalue weighted by Crippen LogP contribution is 2.53. The molecule has 2 aliphatic heterocycles. The smallest absolute Gasteiger partial charge is 0.295 e. The van der Waals surface area contributed by atoms with Gasteiger partial charge in [-0.15, -0.1) is 0 Å². The molecule has 0 spiro atoms. The summed E-state index contributed by atoms with van der Waals surface area (Å²) in [6.07, 6.45) is 2.97. The topological polar surface area (TPSA) is 67.3 Å². The average molecular weight is 389 g/mol. The summed E-state index contributed by atoms with van der Waals surface area (Å²) in [5, 5.41) is 0.849. The maximum absolute atomic E-state index is 12.8. The highest BCUT2D eigenvalue weighted by Gasteiger charge is 2.55. The first kappa shape index (κ1) is 17.2. The third kappa shape index (κ3) is 2.24. The average Bonchev–Trinajstić information content (AvgIpc) is 2.86. The van der Waals surface area contributed by atoms with E-state index in [0.29, 0.717) is 32.4 Å². The number of hydrogen-bond donors (Lipinski definition) is 0. The number of pyridine rings is 1. The van der Waals surface area contributed by atoms with Crippen LogP contribution in [0, 0.1) is 11.8 Å². The first-order valence-corrected chi connectivity index (χ1v) is 8.93. The molecule has 132 valence electrons. The highest BCUT2D eigenvalue weighted by atomic mass is 35.5. The summed E-state index contributed by atoms with van der Waals surface area (Å²) < 4.78 is 0. The zero-order valence-electron chi connectivity index (χ0n) is 14.0. The van der Waals surface area contributed by atoms with E-state index >= 15 is 0 Å². The number of ketones is 2. The van der Waals surface area contributed by atoms with Crippen molar-refractivity contribution in [3.8, 4) is 11.1 Å². The Kier molecular flexibility index (Phi) is 3.90. The van der Waals surface area contributed by atoms with Crippen LogP contribution < -0.4 is 4.90 Å². The van der Waals surface area contributed by atoms with Gasteiger partial charge in [-0.1, -0.05) is 43.1 Å². The molecule has 2 unspecified atom stereocenters. The van der Waals surface area contributed by atoms with E-state index in [2.05, 4.69) is 4.98 Å². The number of carbonyl (C=O) groups is 3. The van der Waals surface area contributed by atoms with Crippen molar-refractivity contribution in [2.75, 3.05) is 4.90 Å². The van der Waals surface area contributed by atoms with Gasteiger partial charge in [0.05, 0.1) is 22.9 Å². The number of Topliss-reactive ketones (excluding diaryl/α,β-unsaturated/α-hetero) is 2. The van der Waals surface area contributed by atoms with Gasteiger partial charge < -0.3 is 0 Å². The minimum absolute atomic E-state index is 0.254. The number of benzene rings is 1. The molecule has 1 fully saturated rings. The number of hydrogen-bond acceptors (Lipinski definition) is 4. The van der Waals surface area contributed by atoms with Gasteiger partial charge in [0, 0.05) is 22.7 Å². The van der Waals surface area contributed by atoms with Gasteiger partial charge >= 0.3 is 0 Å². The minimum Gasteiger partial charge on any atom is -0.298 e. The second-order valence-electron chi connectivity index (χ2n) is 6.77. The molecule has 2 aromatic rings. The molecule has 26 heavy (non-hydrogen) atoms. The van der Waals surface area contributed by atoms with E-state index in [1.807, 2.05) is 0 Å². The van der Waals surface area contributed by atoms with E-state index in [0.717, 1.165) is 0 Å². The predicted molar refractivity (Wildman–Crippen MR) is 98.3 cm³/mol. The van der Waals surface area contributed by atoms with Gasteiger partial charge in [0.2, 0.25) is 5.78 Å². The first-order chi connectivity index (χ1) is 12.3. The second-order valence-corrected chi connectivity index (χ2v) is 7.61. The molecule has 1 aromatic heterocycles. The van der Waals surface area contributed by atoms with Crippen LogP contribution in [0.15, 0.2) is 30.6 Å². The zero-order chi connectivity index (χ0) is 18.7. The van der Waals surface area contributed by atoms with E-state index in [4.69, 9.17) is 23.2 Å². The number of halogens is 2. The van der Waals surface area contributed by atoms with Crippen LogP contribution in [0.5, 0.6) is 0 Å². The molecule has 3 heterocycles. The van der Waals surface area contributed by atoms with Crippen molar-refractivity contribution >= 4 is 46.4 Å². The fourth-order valence-corrected chi connectivity index (χ4v) is 4.20. The summed E-state index contributed by atoms with van der Waals surface area (Å²) in [5.74, 6) is -3.07. The van der Waals surface area contributed by atoms with E-state index < -0.39 is 23.7 Å². The molecular formula is C19H14Cl2N2O3. The fourth-order valence-electron chi connectivity index (χ4n) is 3.77. The van der Waals surface area contributed by atoms with Gasteiger partial charge in [-0.25, -0.2) is 0 Å². The van der Waals surface area contributed by atoms with Crippen LogP contribution in [0.25, 0.3) is 11.1 Å². The third-order valence-electron chi connectivity index (χ3n) is 4.92. The molecule has 0 radical (unpaired) electrons. The molecule has 0 saturated carbocycles. The standard InChI is InChI=1S/C19H14Cl2N2O3/c1-8(2)17(24)15-16-10-4-3-9(20)5-11(10)14-12(21)6-22-7-13(14)23(16)19(26)18(15)25/h3-8,15-16H,1-2H3. The molecule has 0 N–H and O–H groups in total. The number of carbonyl (C=O) groups excluding carboxylic acids is 3. The summed E-state index contributed by atoms with van der Waals surface area (Å²) in [7, 11) is 0. The zero-order valence-corrected chi connectivity index (χ0v) is 15.5. The van der Waals surface area contributed by atoms with Crippen LogP contribution in [0.1, 0.15) is 25.5 Å². The first-order valence-electron chi connectivity index (χ1n) is 8.17. The molecule has 2 atom stereocenters. The maximum Gasteiger partial charge on any atom is 0.295 e. The van der Waals surface area contributed by atoms with Crippen molar-refractivity contribution in [3.63, 3.8) is 0 Å². The number of anilines is 1. The number of fused-ring (bicyclic) bond motifs is 6. The van der Waals surface area contributed by atoms with Crippen LogP contribution in [-0.4, -0.2) is 22.5 Å². The number of aromatic nitrogens is 1. The van der Waals surface area contributed by atoms with Crippen molar-refractivity contribution in [2.45, 2.75) is 19.9 Å². The molecule has 5 nitrogen and oxygen atoms in total. The SMILES string of the molecule is CC(C)C(=O)C1C(=O)C(=O)N2c3cncc(Cl)c3-c3cc(Cl)ccc3C12. The van der Waals surface area contributed by atoms with Crippen LogP contribution in [0.2, 0.25) is 10.0 Å². The van der Waals surface area contributed by atoms with Crippen molar-refractivity contribution in [1.29, 1.82) is 0 Å². The van der Waals surface area contributed by atoms with Gasteiger partial charge in [-0.05, 0) is 23.3 Å². The van der Waals surface area contributed by atoms with Crippen LogP contribution in [-0.2, 0) is 14.4 Å². The molecule has 0 bridgehead atoms. The Balaban J connectivity index is 2.04.